The highest BCUT2D eigenvalue weighted by Crippen LogP contribution is 2.33. The highest BCUT2D eigenvalue weighted by Gasteiger charge is 2.32. The fourth-order valence-corrected chi connectivity index (χ4v) is 3.63. The van der Waals surface area contributed by atoms with E-state index in [0.29, 0.717) is 29.2 Å². The van der Waals surface area contributed by atoms with Crippen LogP contribution in [0.5, 0.6) is 5.75 Å². The summed E-state index contributed by atoms with van der Waals surface area (Å²) in [5, 5.41) is 10.5. The lowest BCUT2D eigenvalue weighted by atomic mass is 9.93. The number of phenolic OH excluding ortho intramolecular Hbond substituents is 1. The molecular weight excluding hydrogens is 483 g/mol. The number of carbonyl (C=O) groups excluding carboxylic acids is 4. The Labute approximate surface area is 207 Å². The van der Waals surface area contributed by atoms with Crippen molar-refractivity contribution in [3.05, 3.63) is 46.5 Å². The second-order valence-corrected chi connectivity index (χ2v) is 8.45. The molecule has 1 heterocycles. The van der Waals surface area contributed by atoms with E-state index in [1.165, 1.54) is 23.8 Å². The Kier molecular flexibility index (Phi) is 11.0. The monoisotopic (exact) mass is 508 g/mol. The van der Waals surface area contributed by atoms with Gasteiger partial charge in [0.15, 0.2) is 6.29 Å². The first-order chi connectivity index (χ1) is 16.2. The summed E-state index contributed by atoms with van der Waals surface area (Å²) in [5.74, 6) is -1.46. The number of aliphatic imine (C=N–C) groups is 1. The summed E-state index contributed by atoms with van der Waals surface area (Å²) < 4.78 is 0. The molecule has 1 aliphatic heterocycles. The number of phenols is 1. The topological polar surface area (TPSA) is 113 Å². The number of unbranched alkanes of at least 4 members (excludes halogenated alkanes) is 2. The summed E-state index contributed by atoms with van der Waals surface area (Å²) in [7, 11) is 0. The molecule has 2 amide bonds. The molecule has 1 unspecified atom stereocenters. The van der Waals surface area contributed by atoms with Crippen LogP contribution >= 0.6 is 23.2 Å². The Morgan fingerprint density at radius 3 is 2.59 bits per heavy atom. The minimum absolute atomic E-state index is 0.0288. The number of hydrogen-bond donors (Lipinski definition) is 1. The molecule has 0 spiro atoms. The van der Waals surface area contributed by atoms with Gasteiger partial charge in [0.2, 0.25) is 0 Å². The zero-order valence-electron chi connectivity index (χ0n) is 18.7. The van der Waals surface area contributed by atoms with Crippen LogP contribution in [0, 0.1) is 0 Å². The van der Waals surface area contributed by atoms with Gasteiger partial charge in [-0.15, -0.1) is 5.06 Å². The molecule has 1 fully saturated rings. The fraction of sp³-hybridized carbons (Fsp3) is 0.375. The van der Waals surface area contributed by atoms with Gasteiger partial charge in [-0.2, -0.15) is 0 Å². The molecule has 0 aromatic heterocycles. The lowest BCUT2D eigenvalue weighted by molar-refractivity contribution is -0.197. The number of nitrogens with zero attached hydrogens (tertiary/aromatic N) is 2. The molecule has 10 heteroatoms. The summed E-state index contributed by atoms with van der Waals surface area (Å²) >= 11 is 11.5. The van der Waals surface area contributed by atoms with Crippen molar-refractivity contribution in [2.75, 3.05) is 0 Å². The summed E-state index contributed by atoms with van der Waals surface area (Å²) in [6.45, 7) is 2.00. The maximum atomic E-state index is 11.9. The second-order valence-electron chi connectivity index (χ2n) is 7.77. The van der Waals surface area contributed by atoms with Crippen LogP contribution in [0.2, 0.25) is 0 Å². The van der Waals surface area contributed by atoms with Gasteiger partial charge in [0.1, 0.15) is 5.75 Å². The molecule has 0 radical (unpaired) electrons. The van der Waals surface area contributed by atoms with Gasteiger partial charge in [-0.05, 0) is 54.7 Å². The Balaban J connectivity index is 1.94. The number of rotatable bonds is 12. The first-order valence-corrected chi connectivity index (χ1v) is 11.6. The van der Waals surface area contributed by atoms with E-state index < -0.39 is 17.8 Å². The molecule has 8 nitrogen and oxygen atoms in total. The average Bonchev–Trinajstić information content (AvgIpc) is 3.11. The number of halogens is 2. The van der Waals surface area contributed by atoms with E-state index in [0.717, 1.165) is 24.8 Å². The van der Waals surface area contributed by atoms with Crippen LogP contribution in [0.1, 0.15) is 63.4 Å². The van der Waals surface area contributed by atoms with Gasteiger partial charge < -0.3 is 9.94 Å². The molecule has 1 aromatic carbocycles. The van der Waals surface area contributed by atoms with Crippen LogP contribution in [0.3, 0.4) is 0 Å². The maximum absolute atomic E-state index is 11.9. The molecule has 0 aliphatic carbocycles. The maximum Gasteiger partial charge on any atom is 0.333 e. The van der Waals surface area contributed by atoms with E-state index in [1.54, 1.807) is 12.1 Å². The molecular formula is C24H26Cl2N2O6. The van der Waals surface area contributed by atoms with Crippen molar-refractivity contribution in [2.24, 2.45) is 4.99 Å². The molecule has 0 bridgehead atoms. The SMILES string of the molecule is CC(CCCCCC(=O)ON1C(=O)CCC1=O)c1cc(O)ccc1N=C(C=CCl)C=C(Cl)C=O. The van der Waals surface area contributed by atoms with E-state index in [1.807, 2.05) is 6.92 Å². The number of aldehydes is 1. The van der Waals surface area contributed by atoms with Crippen molar-refractivity contribution in [3.63, 3.8) is 0 Å². The molecule has 182 valence electrons. The van der Waals surface area contributed by atoms with Gasteiger partial charge in [-0.3, -0.25) is 14.4 Å². The Hall–Kier alpha value is -2.97. The highest BCUT2D eigenvalue weighted by atomic mass is 35.5. The predicted molar refractivity (Wildman–Crippen MR) is 129 cm³/mol. The van der Waals surface area contributed by atoms with Crippen molar-refractivity contribution >= 4 is 58.7 Å². The van der Waals surface area contributed by atoms with Crippen LogP contribution in [-0.2, 0) is 24.0 Å². The number of hydroxylamine groups is 2. The first kappa shape index (κ1) is 27.3. The first-order valence-electron chi connectivity index (χ1n) is 10.8. The standard InChI is InChI=1S/C24H26Cl2N2O6/c1-16(5-3-2-4-6-24(33)34-28-22(31)9-10-23(28)32)20-14-19(30)7-8-21(20)27-18(11-12-25)13-17(26)15-29/h7-8,11-16,30H,2-6,9-10H2,1H3. The van der Waals surface area contributed by atoms with E-state index in [-0.39, 0.29) is 36.0 Å². The number of aromatic hydroxyl groups is 1. The quantitative estimate of drug-likeness (QED) is 0.136. The van der Waals surface area contributed by atoms with Crippen LogP contribution in [0.25, 0.3) is 0 Å². The number of amides is 2. The molecule has 1 atom stereocenters. The van der Waals surface area contributed by atoms with Crippen molar-refractivity contribution in [3.8, 4) is 5.75 Å². The van der Waals surface area contributed by atoms with Gasteiger partial charge >= 0.3 is 5.97 Å². The zero-order chi connectivity index (χ0) is 25.1. The van der Waals surface area contributed by atoms with Crippen molar-refractivity contribution in [2.45, 2.75) is 57.8 Å². The van der Waals surface area contributed by atoms with E-state index in [4.69, 9.17) is 28.0 Å². The Morgan fingerprint density at radius 2 is 1.94 bits per heavy atom. The Morgan fingerprint density at radius 1 is 1.24 bits per heavy atom. The number of hydrogen-bond acceptors (Lipinski definition) is 7. The molecule has 1 saturated heterocycles. The molecule has 0 saturated carbocycles. The smallest absolute Gasteiger partial charge is 0.333 e. The van der Waals surface area contributed by atoms with E-state index >= 15 is 0 Å². The molecule has 1 aliphatic rings. The summed E-state index contributed by atoms with van der Waals surface area (Å²) in [4.78, 5) is 55.1. The molecule has 1 N–H and O–H groups in total. The Bertz CT molecular complexity index is 1000. The fourth-order valence-electron chi connectivity index (χ4n) is 3.39. The molecule has 34 heavy (non-hydrogen) atoms. The van der Waals surface area contributed by atoms with E-state index in [9.17, 15) is 24.3 Å². The molecule has 2 rings (SSSR count). The minimum Gasteiger partial charge on any atom is -0.508 e. The third-order valence-corrected chi connectivity index (χ3v) is 5.46. The van der Waals surface area contributed by atoms with Gasteiger partial charge in [0.25, 0.3) is 11.8 Å². The lowest BCUT2D eigenvalue weighted by Gasteiger charge is -2.15. The van der Waals surface area contributed by atoms with Crippen LogP contribution < -0.4 is 0 Å². The number of benzene rings is 1. The summed E-state index contributed by atoms with van der Waals surface area (Å²) in [5.41, 5.74) is 3.04. The largest absolute Gasteiger partial charge is 0.508 e. The van der Waals surface area contributed by atoms with Crippen molar-refractivity contribution < 1.29 is 29.1 Å². The average molecular weight is 509 g/mol. The van der Waals surface area contributed by atoms with Gasteiger partial charge in [-0.25, -0.2) is 9.79 Å². The number of imide groups is 1. The number of allylic oxidation sites excluding steroid dienone is 3. The predicted octanol–water partition coefficient (Wildman–Crippen LogP) is 5.20. The van der Waals surface area contributed by atoms with Crippen molar-refractivity contribution in [1.82, 2.24) is 5.06 Å². The highest BCUT2D eigenvalue weighted by molar-refractivity contribution is 6.40. The number of carbonyl (C=O) groups is 4. The summed E-state index contributed by atoms with van der Waals surface area (Å²) in [6.07, 6.45) is 6.44. The van der Waals surface area contributed by atoms with Gasteiger partial charge in [0, 0.05) is 24.8 Å². The lowest BCUT2D eigenvalue weighted by Crippen LogP contribution is -2.31. The normalized spacial score (nSPS) is 15.8. The molecule has 1 aromatic rings. The van der Waals surface area contributed by atoms with Gasteiger partial charge in [-0.1, -0.05) is 43.0 Å². The van der Waals surface area contributed by atoms with Gasteiger partial charge in [0.05, 0.1) is 16.4 Å². The van der Waals surface area contributed by atoms with Crippen LogP contribution in [0.15, 0.2) is 45.9 Å². The van der Waals surface area contributed by atoms with Crippen LogP contribution in [-0.4, -0.2) is 40.0 Å². The van der Waals surface area contributed by atoms with Crippen molar-refractivity contribution in [1.29, 1.82) is 0 Å². The zero-order valence-corrected chi connectivity index (χ0v) is 20.2. The van der Waals surface area contributed by atoms with E-state index in [2.05, 4.69) is 4.99 Å². The third-order valence-electron chi connectivity index (χ3n) is 5.14. The summed E-state index contributed by atoms with van der Waals surface area (Å²) in [6, 6.07) is 4.82. The second kappa shape index (κ2) is 13.7. The minimum atomic E-state index is -0.608. The van der Waals surface area contributed by atoms with Crippen LogP contribution in [0.4, 0.5) is 5.69 Å². The third kappa shape index (κ3) is 8.43.